The van der Waals surface area contributed by atoms with Gasteiger partial charge in [-0.1, -0.05) is 23.4 Å². The van der Waals surface area contributed by atoms with Gasteiger partial charge in [0.15, 0.2) is 5.69 Å². The summed E-state index contributed by atoms with van der Waals surface area (Å²) in [7, 11) is 0. The SMILES string of the molecule is CC(C)N(CCO)C(=O)c1cn(-c2ccccc2)nn1. The predicted molar refractivity (Wildman–Crippen MR) is 74.6 cm³/mol. The molecule has 0 aliphatic heterocycles. The zero-order valence-corrected chi connectivity index (χ0v) is 11.6. The molecule has 0 atom stereocenters. The van der Waals surface area contributed by atoms with Crippen LogP contribution in [0.2, 0.25) is 0 Å². The Balaban J connectivity index is 2.22. The molecule has 1 aromatic heterocycles. The van der Waals surface area contributed by atoms with Gasteiger partial charge in [-0.25, -0.2) is 4.68 Å². The second-order valence-corrected chi connectivity index (χ2v) is 4.70. The monoisotopic (exact) mass is 274 g/mol. The Bertz CT molecular complexity index is 566. The number of aromatic nitrogens is 3. The average Bonchev–Trinajstić information content (AvgIpc) is 2.94. The first-order valence-electron chi connectivity index (χ1n) is 6.53. The Morgan fingerprint density at radius 2 is 2.05 bits per heavy atom. The fourth-order valence-electron chi connectivity index (χ4n) is 1.92. The van der Waals surface area contributed by atoms with Gasteiger partial charge in [-0.15, -0.1) is 5.10 Å². The maximum Gasteiger partial charge on any atom is 0.276 e. The number of hydrogen-bond acceptors (Lipinski definition) is 4. The summed E-state index contributed by atoms with van der Waals surface area (Å²) in [5.74, 6) is -0.226. The van der Waals surface area contributed by atoms with E-state index in [-0.39, 0.29) is 30.8 Å². The van der Waals surface area contributed by atoms with Gasteiger partial charge in [0.25, 0.3) is 5.91 Å². The minimum atomic E-state index is -0.226. The summed E-state index contributed by atoms with van der Waals surface area (Å²) in [6, 6.07) is 9.47. The molecule has 6 nitrogen and oxygen atoms in total. The number of aliphatic hydroxyl groups is 1. The first-order valence-corrected chi connectivity index (χ1v) is 6.53. The highest BCUT2D eigenvalue weighted by atomic mass is 16.3. The molecule has 0 radical (unpaired) electrons. The van der Waals surface area contributed by atoms with Gasteiger partial charge in [-0.2, -0.15) is 0 Å². The summed E-state index contributed by atoms with van der Waals surface area (Å²) in [6.07, 6.45) is 1.60. The lowest BCUT2D eigenvalue weighted by molar-refractivity contribution is 0.0659. The minimum absolute atomic E-state index is 0.00322. The van der Waals surface area contributed by atoms with Crippen molar-refractivity contribution in [2.24, 2.45) is 0 Å². The Morgan fingerprint density at radius 3 is 2.65 bits per heavy atom. The number of aliphatic hydroxyl groups excluding tert-OH is 1. The molecule has 2 aromatic rings. The molecule has 1 aromatic carbocycles. The third-order valence-electron chi connectivity index (χ3n) is 2.96. The molecule has 0 bridgehead atoms. The standard InChI is InChI=1S/C14H18N4O2/c1-11(2)17(8-9-19)14(20)13-10-18(16-15-13)12-6-4-3-5-7-12/h3-7,10-11,19H,8-9H2,1-2H3. The fraction of sp³-hybridized carbons (Fsp3) is 0.357. The van der Waals surface area contributed by atoms with Gasteiger partial charge in [0.1, 0.15) is 0 Å². The number of rotatable bonds is 5. The van der Waals surface area contributed by atoms with Crippen LogP contribution in [0.1, 0.15) is 24.3 Å². The number of para-hydroxylation sites is 1. The lowest BCUT2D eigenvalue weighted by Gasteiger charge is -2.24. The molecule has 6 heteroatoms. The number of nitrogens with zero attached hydrogens (tertiary/aromatic N) is 4. The molecule has 1 N–H and O–H groups in total. The summed E-state index contributed by atoms with van der Waals surface area (Å²) in [5, 5.41) is 16.9. The van der Waals surface area contributed by atoms with Crippen LogP contribution in [0.3, 0.4) is 0 Å². The van der Waals surface area contributed by atoms with E-state index in [2.05, 4.69) is 10.3 Å². The van der Waals surface area contributed by atoms with Crippen molar-refractivity contribution in [3.05, 3.63) is 42.2 Å². The second kappa shape index (κ2) is 6.29. The van der Waals surface area contributed by atoms with Crippen molar-refractivity contribution < 1.29 is 9.90 Å². The lowest BCUT2D eigenvalue weighted by Crippen LogP contribution is -2.39. The minimum Gasteiger partial charge on any atom is -0.395 e. The van der Waals surface area contributed by atoms with E-state index >= 15 is 0 Å². The van der Waals surface area contributed by atoms with Crippen molar-refractivity contribution in [3.63, 3.8) is 0 Å². The summed E-state index contributed by atoms with van der Waals surface area (Å²) in [5.41, 5.74) is 1.12. The Kier molecular flexibility index (Phi) is 4.47. The molecule has 2 rings (SSSR count). The molecular formula is C14H18N4O2. The lowest BCUT2D eigenvalue weighted by atomic mass is 10.2. The third kappa shape index (κ3) is 3.03. The number of carbonyl (C=O) groups is 1. The smallest absolute Gasteiger partial charge is 0.276 e. The van der Waals surface area contributed by atoms with E-state index in [1.807, 2.05) is 44.2 Å². The highest BCUT2D eigenvalue weighted by Crippen LogP contribution is 2.09. The van der Waals surface area contributed by atoms with E-state index in [0.717, 1.165) is 5.69 Å². The maximum absolute atomic E-state index is 12.3. The zero-order chi connectivity index (χ0) is 14.5. The van der Waals surface area contributed by atoms with Gasteiger partial charge in [-0.3, -0.25) is 4.79 Å². The van der Waals surface area contributed by atoms with E-state index in [4.69, 9.17) is 5.11 Å². The van der Waals surface area contributed by atoms with Crippen LogP contribution in [-0.4, -0.2) is 50.1 Å². The number of hydrogen-bond donors (Lipinski definition) is 1. The van der Waals surface area contributed by atoms with Gasteiger partial charge in [-0.05, 0) is 26.0 Å². The molecule has 0 fully saturated rings. The third-order valence-corrected chi connectivity index (χ3v) is 2.96. The molecule has 1 amide bonds. The fourth-order valence-corrected chi connectivity index (χ4v) is 1.92. The molecule has 0 unspecified atom stereocenters. The Morgan fingerprint density at radius 1 is 1.35 bits per heavy atom. The quantitative estimate of drug-likeness (QED) is 0.886. The summed E-state index contributed by atoms with van der Waals surface area (Å²) in [4.78, 5) is 13.9. The Hall–Kier alpha value is -2.21. The summed E-state index contributed by atoms with van der Waals surface area (Å²) < 4.78 is 1.56. The molecular weight excluding hydrogens is 256 g/mol. The summed E-state index contributed by atoms with van der Waals surface area (Å²) >= 11 is 0. The number of benzene rings is 1. The molecule has 0 aliphatic carbocycles. The molecule has 0 saturated carbocycles. The summed E-state index contributed by atoms with van der Waals surface area (Å²) in [6.45, 7) is 4.01. The van der Waals surface area contributed by atoms with E-state index in [0.29, 0.717) is 0 Å². The van der Waals surface area contributed by atoms with Gasteiger partial charge >= 0.3 is 0 Å². The highest BCUT2D eigenvalue weighted by Gasteiger charge is 2.21. The van der Waals surface area contributed by atoms with Crippen LogP contribution in [-0.2, 0) is 0 Å². The van der Waals surface area contributed by atoms with Crippen LogP contribution in [0.15, 0.2) is 36.5 Å². The molecule has 0 aliphatic rings. The van der Waals surface area contributed by atoms with Crippen molar-refractivity contribution in [2.75, 3.05) is 13.2 Å². The number of amides is 1. The van der Waals surface area contributed by atoms with Crippen LogP contribution >= 0.6 is 0 Å². The zero-order valence-electron chi connectivity index (χ0n) is 11.6. The van der Waals surface area contributed by atoms with Gasteiger partial charge in [0, 0.05) is 12.6 Å². The maximum atomic E-state index is 12.3. The van der Waals surface area contributed by atoms with Crippen molar-refractivity contribution in [2.45, 2.75) is 19.9 Å². The highest BCUT2D eigenvalue weighted by molar-refractivity contribution is 5.92. The van der Waals surface area contributed by atoms with Crippen LogP contribution in [0, 0.1) is 0 Å². The van der Waals surface area contributed by atoms with Crippen molar-refractivity contribution in [1.29, 1.82) is 0 Å². The van der Waals surface area contributed by atoms with Crippen LogP contribution in [0.4, 0.5) is 0 Å². The first kappa shape index (κ1) is 14.2. The number of carbonyl (C=O) groups excluding carboxylic acids is 1. The van der Waals surface area contributed by atoms with E-state index in [1.165, 1.54) is 0 Å². The van der Waals surface area contributed by atoms with E-state index < -0.39 is 0 Å². The van der Waals surface area contributed by atoms with Crippen LogP contribution in [0.5, 0.6) is 0 Å². The topological polar surface area (TPSA) is 71.2 Å². The molecule has 0 spiro atoms. The van der Waals surface area contributed by atoms with Crippen LogP contribution < -0.4 is 0 Å². The van der Waals surface area contributed by atoms with Crippen molar-refractivity contribution in [3.8, 4) is 5.69 Å². The van der Waals surface area contributed by atoms with Gasteiger partial charge in [0.05, 0.1) is 18.5 Å². The van der Waals surface area contributed by atoms with E-state index in [9.17, 15) is 4.79 Å². The van der Waals surface area contributed by atoms with Crippen molar-refractivity contribution >= 4 is 5.91 Å². The molecule has 20 heavy (non-hydrogen) atoms. The van der Waals surface area contributed by atoms with E-state index in [1.54, 1.807) is 15.8 Å². The Labute approximate surface area is 117 Å². The second-order valence-electron chi connectivity index (χ2n) is 4.70. The molecule has 106 valence electrons. The van der Waals surface area contributed by atoms with Gasteiger partial charge < -0.3 is 10.0 Å². The normalized spacial score (nSPS) is 10.8. The van der Waals surface area contributed by atoms with Gasteiger partial charge in [0.2, 0.25) is 0 Å². The average molecular weight is 274 g/mol. The largest absolute Gasteiger partial charge is 0.395 e. The molecule has 0 saturated heterocycles. The molecule has 1 heterocycles. The van der Waals surface area contributed by atoms with Crippen LogP contribution in [0.25, 0.3) is 5.69 Å². The van der Waals surface area contributed by atoms with Crippen molar-refractivity contribution in [1.82, 2.24) is 19.9 Å². The first-order chi connectivity index (χ1) is 9.63. The predicted octanol–water partition coefficient (Wildman–Crippen LogP) is 1.11.